The van der Waals surface area contributed by atoms with Gasteiger partial charge in [-0.2, -0.15) is 0 Å². The topological polar surface area (TPSA) is 49.3 Å². The van der Waals surface area contributed by atoms with Crippen molar-refractivity contribution >= 4 is 5.78 Å². The molecular formula is C36H59NO2. The van der Waals surface area contributed by atoms with Crippen LogP contribution in [0.5, 0.6) is 0 Å². The monoisotopic (exact) mass is 537 g/mol. The van der Waals surface area contributed by atoms with Crippen molar-refractivity contribution in [3.05, 3.63) is 11.1 Å². The lowest BCUT2D eigenvalue weighted by Crippen LogP contribution is -2.64. The number of aliphatic hydroxyl groups excluding tert-OH is 1. The number of piperidine rings is 1. The minimum absolute atomic E-state index is 0.00411. The maximum atomic E-state index is 14.4. The molecule has 1 heterocycles. The summed E-state index contributed by atoms with van der Waals surface area (Å²) in [5.74, 6) is 2.50. The van der Waals surface area contributed by atoms with Gasteiger partial charge in [0.25, 0.3) is 0 Å². The van der Waals surface area contributed by atoms with Crippen LogP contribution in [0.1, 0.15) is 138 Å². The van der Waals surface area contributed by atoms with Crippen molar-refractivity contribution in [2.45, 2.75) is 144 Å². The molecule has 6 aliphatic rings. The van der Waals surface area contributed by atoms with Crippen molar-refractivity contribution in [3.8, 4) is 0 Å². The van der Waals surface area contributed by atoms with Crippen molar-refractivity contribution in [3.63, 3.8) is 0 Å². The number of allylic oxidation sites excluding steroid dienone is 2. The highest BCUT2D eigenvalue weighted by Crippen LogP contribution is 2.75. The van der Waals surface area contributed by atoms with Gasteiger partial charge >= 0.3 is 0 Å². The molecule has 0 amide bonds. The minimum Gasteiger partial charge on any atom is -0.393 e. The van der Waals surface area contributed by atoms with E-state index in [2.05, 4.69) is 53.8 Å². The van der Waals surface area contributed by atoms with Crippen LogP contribution in [0.15, 0.2) is 11.1 Å². The van der Waals surface area contributed by atoms with Crippen molar-refractivity contribution < 1.29 is 9.90 Å². The Labute approximate surface area is 239 Å². The Kier molecular flexibility index (Phi) is 6.68. The largest absolute Gasteiger partial charge is 0.393 e. The van der Waals surface area contributed by atoms with Crippen LogP contribution < -0.4 is 5.32 Å². The molecule has 3 nitrogen and oxygen atoms in total. The zero-order valence-corrected chi connectivity index (χ0v) is 26.5. The van der Waals surface area contributed by atoms with E-state index in [0.29, 0.717) is 34.4 Å². The van der Waals surface area contributed by atoms with Gasteiger partial charge in [-0.15, -0.1) is 0 Å². The summed E-state index contributed by atoms with van der Waals surface area (Å²) in [7, 11) is 0. The summed E-state index contributed by atoms with van der Waals surface area (Å²) in [5.41, 5.74) is 4.30. The predicted molar refractivity (Wildman–Crippen MR) is 160 cm³/mol. The molecule has 1 unspecified atom stereocenters. The summed E-state index contributed by atoms with van der Waals surface area (Å²) in [6, 6.07) is 0. The summed E-state index contributed by atoms with van der Waals surface area (Å²) in [6.07, 6.45) is 15.8. The molecule has 1 aliphatic heterocycles. The first-order valence-corrected chi connectivity index (χ1v) is 16.8. The van der Waals surface area contributed by atoms with Gasteiger partial charge in [0.05, 0.1) is 11.5 Å². The molecule has 0 aromatic carbocycles. The van der Waals surface area contributed by atoms with Gasteiger partial charge in [-0.3, -0.25) is 4.79 Å². The van der Waals surface area contributed by atoms with Gasteiger partial charge in [0, 0.05) is 6.42 Å². The summed E-state index contributed by atoms with van der Waals surface area (Å²) < 4.78 is 0. The second kappa shape index (κ2) is 9.16. The molecule has 2 N–H and O–H groups in total. The third kappa shape index (κ3) is 3.97. The molecule has 3 heteroatoms. The quantitative estimate of drug-likeness (QED) is 0.356. The highest BCUT2D eigenvalue weighted by atomic mass is 16.3. The Morgan fingerprint density at radius 2 is 1.49 bits per heavy atom. The summed E-state index contributed by atoms with van der Waals surface area (Å²) >= 11 is 0. The maximum Gasteiger partial charge on any atom is 0.143 e. The Bertz CT molecular complexity index is 1030. The molecule has 0 aromatic heterocycles. The molecular weight excluding hydrogens is 478 g/mol. The van der Waals surface area contributed by atoms with Gasteiger partial charge in [0.2, 0.25) is 0 Å². The van der Waals surface area contributed by atoms with Crippen LogP contribution in [0.25, 0.3) is 0 Å². The third-order valence-corrected chi connectivity index (χ3v) is 15.0. The van der Waals surface area contributed by atoms with E-state index < -0.39 is 0 Å². The van der Waals surface area contributed by atoms with Crippen molar-refractivity contribution in [1.29, 1.82) is 0 Å². The maximum absolute atomic E-state index is 14.4. The fraction of sp³-hybridized carbons (Fsp3) is 0.917. The second-order valence-corrected chi connectivity index (χ2v) is 17.5. The molecule has 1 saturated heterocycles. The predicted octanol–water partition coefficient (Wildman–Crippen LogP) is 8.25. The number of fused-ring (bicyclic) bond motifs is 6. The van der Waals surface area contributed by atoms with E-state index in [0.717, 1.165) is 45.2 Å². The lowest BCUT2D eigenvalue weighted by molar-refractivity contribution is -0.204. The summed E-state index contributed by atoms with van der Waals surface area (Å²) in [5, 5.41) is 14.5. The van der Waals surface area contributed by atoms with Gasteiger partial charge in [-0.1, -0.05) is 59.6 Å². The van der Waals surface area contributed by atoms with Crippen LogP contribution in [0.2, 0.25) is 0 Å². The Hall–Kier alpha value is -0.670. The van der Waals surface area contributed by atoms with E-state index in [1.807, 2.05) is 0 Å². The molecule has 39 heavy (non-hydrogen) atoms. The number of hydrogen-bond donors (Lipinski definition) is 2. The second-order valence-electron chi connectivity index (χ2n) is 17.5. The van der Waals surface area contributed by atoms with Crippen LogP contribution >= 0.6 is 0 Å². The number of rotatable bonds is 3. The van der Waals surface area contributed by atoms with Crippen molar-refractivity contribution in [2.24, 2.45) is 50.2 Å². The summed E-state index contributed by atoms with van der Waals surface area (Å²) in [6.45, 7) is 19.7. The first-order valence-electron chi connectivity index (χ1n) is 16.8. The Morgan fingerprint density at radius 1 is 0.795 bits per heavy atom. The first-order chi connectivity index (χ1) is 18.2. The summed E-state index contributed by atoms with van der Waals surface area (Å²) in [4.78, 5) is 14.4. The van der Waals surface area contributed by atoms with Crippen LogP contribution in [-0.2, 0) is 4.79 Å². The highest BCUT2D eigenvalue weighted by Gasteiger charge is 2.68. The molecule has 0 radical (unpaired) electrons. The number of carbonyl (C=O) groups excluding carboxylic acids is 1. The average molecular weight is 538 g/mol. The zero-order chi connectivity index (χ0) is 28.1. The fourth-order valence-corrected chi connectivity index (χ4v) is 12.2. The molecule has 6 rings (SSSR count). The number of nitrogens with one attached hydrogen (secondary N) is 1. The molecule has 4 saturated carbocycles. The van der Waals surface area contributed by atoms with E-state index in [-0.39, 0.29) is 27.8 Å². The van der Waals surface area contributed by atoms with E-state index in [1.54, 1.807) is 11.1 Å². The number of Topliss-reactive ketones (excluding diaryl/α,β-unsaturated/α-hetero) is 1. The van der Waals surface area contributed by atoms with Gasteiger partial charge in [-0.05, 0) is 141 Å². The molecule has 220 valence electrons. The normalized spacial score (nSPS) is 47.4. The SMILES string of the molecule is CC1(C)CC[C@]2(C(=O)CC3CCNCC3)CC[C@]3(C)C(=C2C1)CCC1[C@@]2(C)CC[C@H](O)C(C)(C)[C@@H]2CC[C@]13C. The van der Waals surface area contributed by atoms with Crippen LogP contribution in [-0.4, -0.2) is 30.1 Å². The first kappa shape index (κ1) is 28.4. The standard InChI is InChI=1S/C36H59NO2/c1-31(2)16-18-36(30(39)22-24-12-20-37-21-13-24)19-17-34(6)25(26(36)23-31)8-9-28-33(5)14-11-29(38)32(3,4)27(33)10-15-35(28,34)7/h24,27-29,37-38H,8-23H2,1-7H3/t27-,28?,29-,33-,34+,35+,36-/m0/s1. The smallest absolute Gasteiger partial charge is 0.143 e. The van der Waals surface area contributed by atoms with E-state index in [4.69, 9.17) is 0 Å². The highest BCUT2D eigenvalue weighted by molar-refractivity contribution is 5.89. The molecule has 0 spiro atoms. The van der Waals surface area contributed by atoms with Gasteiger partial charge < -0.3 is 10.4 Å². The van der Waals surface area contributed by atoms with Crippen LogP contribution in [0, 0.1) is 50.2 Å². The lowest BCUT2D eigenvalue weighted by atomic mass is 9.34. The third-order valence-electron chi connectivity index (χ3n) is 15.0. The number of hydrogen-bond acceptors (Lipinski definition) is 3. The molecule has 0 aromatic rings. The minimum atomic E-state index is -0.170. The van der Waals surface area contributed by atoms with Crippen molar-refractivity contribution in [1.82, 2.24) is 5.32 Å². The number of carbonyl (C=O) groups is 1. The van der Waals surface area contributed by atoms with E-state index >= 15 is 0 Å². The lowest BCUT2D eigenvalue weighted by Gasteiger charge is -2.71. The molecule has 5 fully saturated rings. The van der Waals surface area contributed by atoms with Gasteiger partial charge in [-0.25, -0.2) is 0 Å². The Balaban J connectivity index is 1.39. The van der Waals surface area contributed by atoms with Crippen LogP contribution in [0.4, 0.5) is 0 Å². The zero-order valence-electron chi connectivity index (χ0n) is 26.5. The fourth-order valence-electron chi connectivity index (χ4n) is 12.2. The van der Waals surface area contributed by atoms with Gasteiger partial charge in [0.15, 0.2) is 0 Å². The molecule has 0 bridgehead atoms. The van der Waals surface area contributed by atoms with E-state index in [1.165, 1.54) is 57.8 Å². The molecule has 5 aliphatic carbocycles. The molecule has 7 atom stereocenters. The van der Waals surface area contributed by atoms with E-state index in [9.17, 15) is 9.90 Å². The average Bonchev–Trinajstić information content (AvgIpc) is 2.87. The van der Waals surface area contributed by atoms with Gasteiger partial charge in [0.1, 0.15) is 5.78 Å². The number of ketones is 1. The van der Waals surface area contributed by atoms with Crippen molar-refractivity contribution in [2.75, 3.05) is 13.1 Å². The Morgan fingerprint density at radius 3 is 2.21 bits per heavy atom. The number of aliphatic hydroxyl groups is 1. The van der Waals surface area contributed by atoms with Crippen LogP contribution in [0.3, 0.4) is 0 Å².